The van der Waals surface area contributed by atoms with Gasteiger partial charge in [0.2, 0.25) is 5.89 Å². The number of carboxylic acids is 1. The van der Waals surface area contributed by atoms with E-state index in [1.165, 1.54) is 31.0 Å². The van der Waals surface area contributed by atoms with Crippen LogP contribution in [-0.2, 0) is 4.79 Å². The van der Waals surface area contributed by atoms with Crippen LogP contribution in [-0.4, -0.2) is 27.0 Å². The molecule has 1 fully saturated rings. The van der Waals surface area contributed by atoms with Crippen molar-refractivity contribution in [3.05, 3.63) is 5.89 Å². The molecule has 0 bridgehead atoms. The molecule has 2 rings (SSSR count). The largest absolute Gasteiger partial charge is 0.481 e. The SMILES string of the molecule is O=C(O)CCSc1nnc(C2CCCCC2)o1. The molecule has 1 aliphatic rings. The maximum atomic E-state index is 10.4. The van der Waals surface area contributed by atoms with Gasteiger partial charge in [0, 0.05) is 11.7 Å². The van der Waals surface area contributed by atoms with Crippen molar-refractivity contribution in [3.8, 4) is 0 Å². The number of rotatable bonds is 5. The second-order valence-electron chi connectivity index (χ2n) is 4.23. The summed E-state index contributed by atoms with van der Waals surface area (Å²) in [5, 5.41) is 17.0. The van der Waals surface area contributed by atoms with E-state index in [9.17, 15) is 4.79 Å². The van der Waals surface area contributed by atoms with Crippen molar-refractivity contribution in [3.63, 3.8) is 0 Å². The third-order valence-corrected chi connectivity index (χ3v) is 3.74. The Morgan fingerprint density at radius 1 is 1.35 bits per heavy atom. The van der Waals surface area contributed by atoms with E-state index in [4.69, 9.17) is 9.52 Å². The Labute approximate surface area is 104 Å². The van der Waals surface area contributed by atoms with Gasteiger partial charge in [-0.05, 0) is 12.8 Å². The van der Waals surface area contributed by atoms with Gasteiger partial charge >= 0.3 is 5.97 Å². The topological polar surface area (TPSA) is 76.2 Å². The number of aromatic nitrogens is 2. The van der Waals surface area contributed by atoms with Crippen LogP contribution in [0.2, 0.25) is 0 Å². The fourth-order valence-electron chi connectivity index (χ4n) is 2.02. The van der Waals surface area contributed by atoms with Gasteiger partial charge in [0.25, 0.3) is 5.22 Å². The van der Waals surface area contributed by atoms with Crippen LogP contribution in [0.5, 0.6) is 0 Å². The minimum absolute atomic E-state index is 0.117. The van der Waals surface area contributed by atoms with Crippen LogP contribution in [0.1, 0.15) is 50.3 Å². The molecular formula is C11H16N2O3S. The lowest BCUT2D eigenvalue weighted by Gasteiger charge is -2.17. The molecule has 17 heavy (non-hydrogen) atoms. The van der Waals surface area contributed by atoms with Gasteiger partial charge in [-0.1, -0.05) is 31.0 Å². The molecule has 1 saturated carbocycles. The number of carbonyl (C=O) groups is 1. The Bertz CT molecular complexity index is 375. The molecule has 0 spiro atoms. The Balaban J connectivity index is 1.84. The zero-order valence-electron chi connectivity index (χ0n) is 9.59. The summed E-state index contributed by atoms with van der Waals surface area (Å²) in [6.45, 7) is 0. The molecule has 94 valence electrons. The lowest BCUT2D eigenvalue weighted by molar-refractivity contribution is -0.136. The monoisotopic (exact) mass is 256 g/mol. The van der Waals surface area contributed by atoms with Crippen LogP contribution >= 0.6 is 11.8 Å². The lowest BCUT2D eigenvalue weighted by Crippen LogP contribution is -2.04. The fourth-order valence-corrected chi connectivity index (χ4v) is 2.71. The van der Waals surface area contributed by atoms with Crippen molar-refractivity contribution in [2.75, 3.05) is 5.75 Å². The maximum absolute atomic E-state index is 10.4. The smallest absolute Gasteiger partial charge is 0.304 e. The zero-order chi connectivity index (χ0) is 12.1. The molecule has 1 aromatic rings. The highest BCUT2D eigenvalue weighted by atomic mass is 32.2. The van der Waals surface area contributed by atoms with Crippen LogP contribution in [0.3, 0.4) is 0 Å². The third kappa shape index (κ3) is 3.73. The van der Waals surface area contributed by atoms with Crippen LogP contribution in [0.25, 0.3) is 0 Å². The molecule has 0 aliphatic heterocycles. The molecule has 6 heteroatoms. The summed E-state index contributed by atoms with van der Waals surface area (Å²) in [5.74, 6) is 0.805. The van der Waals surface area contributed by atoms with E-state index in [1.54, 1.807) is 0 Å². The number of hydrogen-bond donors (Lipinski definition) is 1. The zero-order valence-corrected chi connectivity index (χ0v) is 10.4. The Morgan fingerprint density at radius 3 is 2.82 bits per heavy atom. The van der Waals surface area contributed by atoms with Gasteiger partial charge in [-0.15, -0.1) is 10.2 Å². The van der Waals surface area contributed by atoms with Crippen molar-refractivity contribution >= 4 is 17.7 Å². The summed E-state index contributed by atoms with van der Waals surface area (Å²) in [7, 11) is 0. The Morgan fingerprint density at radius 2 is 2.12 bits per heavy atom. The standard InChI is InChI=1S/C11H16N2O3S/c14-9(15)6-7-17-11-13-12-10(16-11)8-4-2-1-3-5-8/h8H,1-7H2,(H,14,15). The minimum Gasteiger partial charge on any atom is -0.481 e. The summed E-state index contributed by atoms with van der Waals surface area (Å²) < 4.78 is 5.55. The number of thioether (sulfide) groups is 1. The maximum Gasteiger partial charge on any atom is 0.304 e. The molecule has 0 aromatic carbocycles. The van der Waals surface area contributed by atoms with Gasteiger partial charge < -0.3 is 9.52 Å². The first-order valence-corrected chi connectivity index (χ1v) is 6.92. The highest BCUT2D eigenvalue weighted by molar-refractivity contribution is 7.99. The first-order chi connectivity index (χ1) is 8.25. The van der Waals surface area contributed by atoms with E-state index in [1.807, 2.05) is 0 Å². The number of hydrogen-bond acceptors (Lipinski definition) is 5. The Hall–Kier alpha value is -1.04. The molecule has 0 atom stereocenters. The molecular weight excluding hydrogens is 240 g/mol. The second-order valence-corrected chi connectivity index (χ2v) is 5.28. The first kappa shape index (κ1) is 12.4. The van der Waals surface area contributed by atoms with Gasteiger partial charge in [-0.2, -0.15) is 0 Å². The van der Waals surface area contributed by atoms with E-state index in [-0.39, 0.29) is 6.42 Å². The normalized spacial score (nSPS) is 17.2. The predicted octanol–water partition coefficient (Wildman–Crippen LogP) is 2.68. The molecule has 0 unspecified atom stereocenters. The number of aliphatic carboxylic acids is 1. The summed E-state index contributed by atoms with van der Waals surface area (Å²) >= 11 is 1.31. The van der Waals surface area contributed by atoms with Crippen LogP contribution in [0, 0.1) is 0 Å². The molecule has 5 nitrogen and oxygen atoms in total. The van der Waals surface area contributed by atoms with E-state index in [0.29, 0.717) is 16.9 Å². The van der Waals surface area contributed by atoms with Gasteiger partial charge in [0.05, 0.1) is 6.42 Å². The van der Waals surface area contributed by atoms with Crippen LogP contribution in [0.4, 0.5) is 0 Å². The van der Waals surface area contributed by atoms with Gasteiger partial charge in [-0.3, -0.25) is 4.79 Å². The summed E-state index contributed by atoms with van der Waals surface area (Å²) in [4.78, 5) is 10.4. The minimum atomic E-state index is -0.801. The van der Waals surface area contributed by atoms with Crippen molar-refractivity contribution in [1.82, 2.24) is 10.2 Å². The molecule has 0 radical (unpaired) electrons. The lowest BCUT2D eigenvalue weighted by atomic mass is 9.89. The van der Waals surface area contributed by atoms with Crippen molar-refractivity contribution < 1.29 is 14.3 Å². The molecule has 1 heterocycles. The van der Waals surface area contributed by atoms with Crippen molar-refractivity contribution in [1.29, 1.82) is 0 Å². The number of nitrogens with zero attached hydrogens (tertiary/aromatic N) is 2. The van der Waals surface area contributed by atoms with Crippen LogP contribution in [0.15, 0.2) is 9.64 Å². The summed E-state index contributed by atoms with van der Waals surface area (Å²) in [6.07, 6.45) is 6.13. The average Bonchev–Trinajstić information content (AvgIpc) is 2.78. The number of carboxylic acid groups (broad SMARTS) is 1. The van der Waals surface area contributed by atoms with E-state index < -0.39 is 5.97 Å². The highest BCUT2D eigenvalue weighted by Gasteiger charge is 2.21. The molecule has 0 saturated heterocycles. The highest BCUT2D eigenvalue weighted by Crippen LogP contribution is 2.32. The van der Waals surface area contributed by atoms with E-state index in [2.05, 4.69) is 10.2 Å². The second kappa shape index (κ2) is 6.05. The predicted molar refractivity (Wildman–Crippen MR) is 63.1 cm³/mol. The third-order valence-electron chi connectivity index (χ3n) is 2.92. The quantitative estimate of drug-likeness (QED) is 0.816. The summed E-state index contributed by atoms with van der Waals surface area (Å²) in [5.41, 5.74) is 0. The van der Waals surface area contributed by atoms with Crippen molar-refractivity contribution in [2.24, 2.45) is 0 Å². The first-order valence-electron chi connectivity index (χ1n) is 5.93. The van der Waals surface area contributed by atoms with Crippen molar-refractivity contribution in [2.45, 2.75) is 49.7 Å². The van der Waals surface area contributed by atoms with E-state index in [0.717, 1.165) is 18.7 Å². The Kier molecular flexibility index (Phi) is 4.42. The molecule has 0 amide bonds. The average molecular weight is 256 g/mol. The van der Waals surface area contributed by atoms with Gasteiger partial charge in [-0.25, -0.2) is 0 Å². The van der Waals surface area contributed by atoms with Gasteiger partial charge in [0.1, 0.15) is 0 Å². The fraction of sp³-hybridized carbons (Fsp3) is 0.727. The summed E-state index contributed by atoms with van der Waals surface area (Å²) in [6, 6.07) is 0. The molecule has 1 aromatic heterocycles. The van der Waals surface area contributed by atoms with Gasteiger partial charge in [0.15, 0.2) is 0 Å². The molecule has 1 N–H and O–H groups in total. The van der Waals surface area contributed by atoms with Crippen LogP contribution < -0.4 is 0 Å². The molecule has 1 aliphatic carbocycles. The van der Waals surface area contributed by atoms with E-state index >= 15 is 0 Å².